The van der Waals surface area contributed by atoms with Crippen LogP contribution in [0.1, 0.15) is 49.1 Å². The number of sulfonamides is 1. The molecule has 0 bridgehead atoms. The maximum atomic E-state index is 12.6. The Morgan fingerprint density at radius 3 is 2.25 bits per heavy atom. The lowest BCUT2D eigenvalue weighted by atomic mass is 9.84. The van der Waals surface area contributed by atoms with Gasteiger partial charge in [-0.25, -0.2) is 13.1 Å². The van der Waals surface area contributed by atoms with Crippen molar-refractivity contribution >= 4 is 10.0 Å². The van der Waals surface area contributed by atoms with E-state index >= 15 is 0 Å². The first-order valence-corrected chi connectivity index (χ1v) is 11.3. The van der Waals surface area contributed by atoms with Gasteiger partial charge in [-0.15, -0.1) is 0 Å². The van der Waals surface area contributed by atoms with Crippen LogP contribution in [-0.4, -0.2) is 29.2 Å². The van der Waals surface area contributed by atoms with Crippen molar-refractivity contribution in [2.75, 3.05) is 20.8 Å². The maximum absolute atomic E-state index is 12.6. The zero-order valence-corrected chi connectivity index (χ0v) is 17.4. The van der Waals surface area contributed by atoms with Crippen molar-refractivity contribution < 1.29 is 17.9 Å². The quantitative estimate of drug-likeness (QED) is 0.715. The second-order valence-electron chi connectivity index (χ2n) is 7.24. The summed E-state index contributed by atoms with van der Waals surface area (Å²) in [5.41, 5.74) is 2.23. The molecule has 1 saturated carbocycles. The third-order valence-electron chi connectivity index (χ3n) is 5.42. The Balaban J connectivity index is 1.59. The van der Waals surface area contributed by atoms with Gasteiger partial charge in [-0.05, 0) is 60.6 Å². The van der Waals surface area contributed by atoms with Gasteiger partial charge in [0, 0.05) is 6.54 Å². The van der Waals surface area contributed by atoms with Crippen LogP contribution in [0.3, 0.4) is 0 Å². The van der Waals surface area contributed by atoms with Gasteiger partial charge in [0.15, 0.2) is 11.5 Å². The van der Waals surface area contributed by atoms with Crippen LogP contribution in [0.15, 0.2) is 47.4 Å². The molecular weight excluding hydrogens is 374 g/mol. The summed E-state index contributed by atoms with van der Waals surface area (Å²) >= 11 is 0. The minimum Gasteiger partial charge on any atom is -0.493 e. The number of methoxy groups -OCH3 is 2. The molecule has 3 rings (SSSR count). The lowest BCUT2D eigenvalue weighted by Gasteiger charge is -2.22. The number of nitrogens with one attached hydrogen (secondary N) is 1. The predicted octanol–water partition coefficient (Wildman–Crippen LogP) is 4.27. The summed E-state index contributed by atoms with van der Waals surface area (Å²) in [7, 11) is -0.339. The zero-order valence-electron chi connectivity index (χ0n) is 16.6. The molecule has 0 spiro atoms. The summed E-state index contributed by atoms with van der Waals surface area (Å²) in [5, 5.41) is 0. The lowest BCUT2D eigenvalue weighted by Crippen LogP contribution is -2.26. The monoisotopic (exact) mass is 403 g/mol. The molecule has 2 aromatic rings. The number of benzene rings is 2. The van der Waals surface area contributed by atoms with E-state index in [0.717, 1.165) is 5.56 Å². The van der Waals surface area contributed by atoms with E-state index in [1.807, 2.05) is 30.3 Å². The van der Waals surface area contributed by atoms with Crippen molar-refractivity contribution in [3.63, 3.8) is 0 Å². The largest absolute Gasteiger partial charge is 0.493 e. The summed E-state index contributed by atoms with van der Waals surface area (Å²) in [6.45, 7) is 0.322. The number of rotatable bonds is 8. The Bertz CT molecular complexity index is 872. The average molecular weight is 404 g/mol. The van der Waals surface area contributed by atoms with Crippen molar-refractivity contribution in [2.24, 2.45) is 0 Å². The molecule has 0 unspecified atom stereocenters. The van der Waals surface area contributed by atoms with E-state index in [4.69, 9.17) is 9.47 Å². The standard InChI is InChI=1S/C22H29NO4S/c1-26-21-13-8-17(16-22(21)27-2)14-15-23-28(24,25)20-11-9-19(10-12-20)18-6-4-3-5-7-18/h8-13,16,18,23H,3-7,14-15H2,1-2H3. The highest BCUT2D eigenvalue weighted by Crippen LogP contribution is 2.33. The molecule has 0 aromatic heterocycles. The van der Waals surface area contributed by atoms with Gasteiger partial charge in [-0.3, -0.25) is 0 Å². The summed E-state index contributed by atoms with van der Waals surface area (Å²) < 4.78 is 38.4. The molecule has 0 aliphatic heterocycles. The minimum atomic E-state index is -3.51. The van der Waals surface area contributed by atoms with Gasteiger partial charge in [-0.2, -0.15) is 0 Å². The molecule has 0 saturated heterocycles. The highest BCUT2D eigenvalue weighted by Gasteiger charge is 2.18. The van der Waals surface area contributed by atoms with E-state index in [1.165, 1.54) is 37.7 Å². The van der Waals surface area contributed by atoms with Gasteiger partial charge in [0.05, 0.1) is 19.1 Å². The Morgan fingerprint density at radius 1 is 0.929 bits per heavy atom. The number of ether oxygens (including phenoxy) is 2. The first kappa shape index (κ1) is 20.7. The van der Waals surface area contributed by atoms with Crippen LogP contribution in [-0.2, 0) is 16.4 Å². The summed E-state index contributed by atoms with van der Waals surface area (Å²) in [6, 6.07) is 13.0. The van der Waals surface area contributed by atoms with Gasteiger partial charge >= 0.3 is 0 Å². The van der Waals surface area contributed by atoms with Crippen molar-refractivity contribution in [3.05, 3.63) is 53.6 Å². The number of hydrogen-bond acceptors (Lipinski definition) is 4. The van der Waals surface area contributed by atoms with E-state index in [-0.39, 0.29) is 0 Å². The number of hydrogen-bond donors (Lipinski definition) is 1. The normalized spacial score (nSPS) is 15.4. The van der Waals surface area contributed by atoms with Gasteiger partial charge in [0.1, 0.15) is 0 Å². The molecule has 28 heavy (non-hydrogen) atoms. The average Bonchev–Trinajstić information content (AvgIpc) is 2.74. The fourth-order valence-corrected chi connectivity index (χ4v) is 4.84. The van der Waals surface area contributed by atoms with Crippen LogP contribution < -0.4 is 14.2 Å². The lowest BCUT2D eigenvalue weighted by molar-refractivity contribution is 0.354. The molecule has 2 aromatic carbocycles. The van der Waals surface area contributed by atoms with Crippen LogP contribution in [0.4, 0.5) is 0 Å². The van der Waals surface area contributed by atoms with Crippen LogP contribution in [0, 0.1) is 0 Å². The van der Waals surface area contributed by atoms with E-state index < -0.39 is 10.0 Å². The SMILES string of the molecule is COc1ccc(CCNS(=O)(=O)c2ccc(C3CCCCC3)cc2)cc1OC. The second-order valence-corrected chi connectivity index (χ2v) is 9.01. The van der Waals surface area contributed by atoms with Crippen LogP contribution in [0.2, 0.25) is 0 Å². The fraction of sp³-hybridized carbons (Fsp3) is 0.455. The predicted molar refractivity (Wildman–Crippen MR) is 111 cm³/mol. The highest BCUT2D eigenvalue weighted by molar-refractivity contribution is 7.89. The first-order valence-electron chi connectivity index (χ1n) is 9.84. The smallest absolute Gasteiger partial charge is 0.240 e. The van der Waals surface area contributed by atoms with E-state index in [1.54, 1.807) is 26.4 Å². The highest BCUT2D eigenvalue weighted by atomic mass is 32.2. The zero-order chi connectivity index (χ0) is 20.0. The summed E-state index contributed by atoms with van der Waals surface area (Å²) in [4.78, 5) is 0.319. The topological polar surface area (TPSA) is 64.6 Å². The Hall–Kier alpha value is -2.05. The van der Waals surface area contributed by atoms with Crippen molar-refractivity contribution in [1.82, 2.24) is 4.72 Å². The second kappa shape index (κ2) is 9.43. The van der Waals surface area contributed by atoms with E-state index in [9.17, 15) is 8.42 Å². The van der Waals surface area contributed by atoms with E-state index in [2.05, 4.69) is 4.72 Å². The molecule has 1 aliphatic rings. The van der Waals surface area contributed by atoms with Crippen molar-refractivity contribution in [3.8, 4) is 11.5 Å². The molecule has 5 nitrogen and oxygen atoms in total. The molecule has 6 heteroatoms. The van der Waals surface area contributed by atoms with Gasteiger partial charge in [0.25, 0.3) is 0 Å². The molecule has 1 fully saturated rings. The maximum Gasteiger partial charge on any atom is 0.240 e. The van der Waals surface area contributed by atoms with Crippen LogP contribution in [0.5, 0.6) is 11.5 Å². The van der Waals surface area contributed by atoms with Crippen LogP contribution in [0.25, 0.3) is 0 Å². The third-order valence-corrected chi connectivity index (χ3v) is 6.90. The van der Waals surface area contributed by atoms with E-state index in [0.29, 0.717) is 35.3 Å². The van der Waals surface area contributed by atoms with Crippen molar-refractivity contribution in [2.45, 2.75) is 49.3 Å². The molecule has 0 atom stereocenters. The minimum absolute atomic E-state index is 0.319. The van der Waals surface area contributed by atoms with Gasteiger partial charge in [-0.1, -0.05) is 37.5 Å². The first-order chi connectivity index (χ1) is 13.5. The van der Waals surface area contributed by atoms with Crippen molar-refractivity contribution in [1.29, 1.82) is 0 Å². The summed E-state index contributed by atoms with van der Waals surface area (Å²) in [6.07, 6.45) is 6.82. The molecule has 0 heterocycles. The van der Waals surface area contributed by atoms with Gasteiger partial charge < -0.3 is 9.47 Å². The van der Waals surface area contributed by atoms with Gasteiger partial charge in [0.2, 0.25) is 10.0 Å². The Kier molecular flexibility index (Phi) is 6.97. The Labute approximate surface area is 168 Å². The summed E-state index contributed by atoms with van der Waals surface area (Å²) in [5.74, 6) is 1.87. The molecule has 0 amide bonds. The third kappa shape index (κ3) is 5.06. The molecular formula is C22H29NO4S. The molecule has 0 radical (unpaired) electrons. The molecule has 1 aliphatic carbocycles. The van der Waals surface area contributed by atoms with Crippen LogP contribution >= 0.6 is 0 Å². The molecule has 152 valence electrons. The Morgan fingerprint density at radius 2 is 1.61 bits per heavy atom. The molecule has 1 N–H and O–H groups in total. The fourth-order valence-electron chi connectivity index (χ4n) is 3.80.